The van der Waals surface area contributed by atoms with E-state index in [1.54, 1.807) is 6.07 Å². The van der Waals surface area contributed by atoms with Crippen LogP contribution in [-0.4, -0.2) is 11.5 Å². The highest BCUT2D eigenvalue weighted by Gasteiger charge is 2.32. The topological polar surface area (TPSA) is 29.5 Å². The highest BCUT2D eigenvalue weighted by atomic mass is 19.4. The van der Waals surface area contributed by atoms with Gasteiger partial charge >= 0.3 is 6.36 Å². The van der Waals surface area contributed by atoms with Gasteiger partial charge in [0.15, 0.2) is 11.5 Å². The summed E-state index contributed by atoms with van der Waals surface area (Å²) in [7, 11) is 0. The third-order valence-corrected chi connectivity index (χ3v) is 1.83. The summed E-state index contributed by atoms with van der Waals surface area (Å²) in [6, 6.07) is 4.08. The molecular weight excluding hydrogens is 209 g/mol. The molecule has 0 aliphatic rings. The molecule has 15 heavy (non-hydrogen) atoms. The van der Waals surface area contributed by atoms with Crippen LogP contribution in [0.5, 0.6) is 11.5 Å². The number of alkyl halides is 3. The SMILES string of the molecule is CCCc1cccc(OC(F)(F)F)c1O. The minimum Gasteiger partial charge on any atom is -0.504 e. The van der Waals surface area contributed by atoms with Crippen molar-refractivity contribution >= 4 is 0 Å². The molecule has 2 nitrogen and oxygen atoms in total. The maximum atomic E-state index is 11.9. The second kappa shape index (κ2) is 4.42. The van der Waals surface area contributed by atoms with Crippen molar-refractivity contribution in [2.45, 2.75) is 26.1 Å². The first-order valence-corrected chi connectivity index (χ1v) is 4.50. The number of benzene rings is 1. The summed E-state index contributed by atoms with van der Waals surface area (Å²) in [5.74, 6) is -0.981. The molecule has 0 amide bonds. The fraction of sp³-hybridized carbons (Fsp3) is 0.400. The highest BCUT2D eigenvalue weighted by Crippen LogP contribution is 2.34. The Labute approximate surface area is 85.3 Å². The van der Waals surface area contributed by atoms with E-state index in [4.69, 9.17) is 0 Å². The number of phenolic OH excluding ortho intramolecular Hbond substituents is 1. The van der Waals surface area contributed by atoms with E-state index in [0.717, 1.165) is 12.5 Å². The van der Waals surface area contributed by atoms with Crippen LogP contribution in [0, 0.1) is 0 Å². The van der Waals surface area contributed by atoms with E-state index in [1.165, 1.54) is 6.07 Å². The van der Waals surface area contributed by atoms with Crippen LogP contribution in [-0.2, 0) is 6.42 Å². The van der Waals surface area contributed by atoms with Gasteiger partial charge in [0.05, 0.1) is 0 Å². The number of hydrogen-bond acceptors (Lipinski definition) is 2. The average Bonchev–Trinajstić information content (AvgIpc) is 2.10. The molecule has 1 rings (SSSR count). The number of aryl methyl sites for hydroxylation is 1. The fourth-order valence-electron chi connectivity index (χ4n) is 1.25. The van der Waals surface area contributed by atoms with Gasteiger partial charge in [0.1, 0.15) is 0 Å². The van der Waals surface area contributed by atoms with Gasteiger partial charge in [-0.05, 0) is 18.1 Å². The molecule has 1 N–H and O–H groups in total. The lowest BCUT2D eigenvalue weighted by Crippen LogP contribution is -2.17. The second-order valence-electron chi connectivity index (χ2n) is 3.06. The van der Waals surface area contributed by atoms with Crippen LogP contribution in [0.1, 0.15) is 18.9 Å². The zero-order valence-electron chi connectivity index (χ0n) is 8.14. The number of para-hydroxylation sites is 1. The van der Waals surface area contributed by atoms with E-state index >= 15 is 0 Å². The molecule has 1 aromatic carbocycles. The number of phenols is 1. The first-order valence-electron chi connectivity index (χ1n) is 4.50. The van der Waals surface area contributed by atoms with Gasteiger partial charge in [0.25, 0.3) is 0 Å². The molecule has 0 atom stereocenters. The van der Waals surface area contributed by atoms with Crippen molar-refractivity contribution in [1.82, 2.24) is 0 Å². The van der Waals surface area contributed by atoms with Crippen LogP contribution in [0.4, 0.5) is 13.2 Å². The lowest BCUT2D eigenvalue weighted by molar-refractivity contribution is -0.275. The molecule has 0 unspecified atom stereocenters. The standard InChI is InChI=1S/C10H11F3O2/c1-2-4-7-5-3-6-8(9(7)14)15-10(11,12)13/h3,5-6,14H,2,4H2,1H3. The van der Waals surface area contributed by atoms with Crippen molar-refractivity contribution in [2.75, 3.05) is 0 Å². The maximum absolute atomic E-state index is 11.9. The van der Waals surface area contributed by atoms with Crippen LogP contribution in [0.2, 0.25) is 0 Å². The van der Waals surface area contributed by atoms with E-state index in [9.17, 15) is 18.3 Å². The summed E-state index contributed by atoms with van der Waals surface area (Å²) in [5.41, 5.74) is 0.458. The molecule has 0 bridgehead atoms. The Morgan fingerprint density at radius 3 is 2.53 bits per heavy atom. The smallest absolute Gasteiger partial charge is 0.504 e. The molecule has 0 saturated heterocycles. The third kappa shape index (κ3) is 3.34. The Bertz CT molecular complexity index is 334. The lowest BCUT2D eigenvalue weighted by atomic mass is 10.1. The Hall–Kier alpha value is -1.39. The Morgan fingerprint density at radius 2 is 2.00 bits per heavy atom. The molecule has 0 aliphatic carbocycles. The van der Waals surface area contributed by atoms with Gasteiger partial charge < -0.3 is 9.84 Å². The molecule has 0 fully saturated rings. The normalized spacial score (nSPS) is 11.5. The Kier molecular flexibility index (Phi) is 3.44. The molecular formula is C10H11F3O2. The molecule has 0 spiro atoms. The van der Waals surface area contributed by atoms with Crippen LogP contribution < -0.4 is 4.74 Å². The predicted molar refractivity (Wildman–Crippen MR) is 48.8 cm³/mol. The molecule has 84 valence electrons. The molecule has 0 aromatic heterocycles. The molecule has 0 saturated carbocycles. The molecule has 0 heterocycles. The fourth-order valence-corrected chi connectivity index (χ4v) is 1.25. The van der Waals surface area contributed by atoms with Crippen LogP contribution >= 0.6 is 0 Å². The monoisotopic (exact) mass is 220 g/mol. The van der Waals surface area contributed by atoms with E-state index in [2.05, 4.69) is 4.74 Å². The van der Waals surface area contributed by atoms with E-state index < -0.39 is 17.9 Å². The average molecular weight is 220 g/mol. The number of aromatic hydroxyl groups is 1. The van der Waals surface area contributed by atoms with E-state index in [1.807, 2.05) is 6.92 Å². The third-order valence-electron chi connectivity index (χ3n) is 1.83. The zero-order valence-corrected chi connectivity index (χ0v) is 8.14. The molecule has 5 heteroatoms. The number of rotatable bonds is 3. The van der Waals surface area contributed by atoms with Gasteiger partial charge in [-0.2, -0.15) is 0 Å². The number of hydrogen-bond donors (Lipinski definition) is 1. The lowest BCUT2D eigenvalue weighted by Gasteiger charge is -2.12. The minimum atomic E-state index is -4.78. The van der Waals surface area contributed by atoms with Crippen molar-refractivity contribution in [3.63, 3.8) is 0 Å². The summed E-state index contributed by atoms with van der Waals surface area (Å²) < 4.78 is 39.4. The van der Waals surface area contributed by atoms with Crippen molar-refractivity contribution in [1.29, 1.82) is 0 Å². The van der Waals surface area contributed by atoms with Gasteiger partial charge in [0.2, 0.25) is 0 Å². The van der Waals surface area contributed by atoms with Gasteiger partial charge in [-0.1, -0.05) is 25.5 Å². The van der Waals surface area contributed by atoms with Crippen LogP contribution in [0.15, 0.2) is 18.2 Å². The quantitative estimate of drug-likeness (QED) is 0.847. The van der Waals surface area contributed by atoms with Gasteiger partial charge in [-0.25, -0.2) is 0 Å². The van der Waals surface area contributed by atoms with Gasteiger partial charge in [-0.3, -0.25) is 0 Å². The Balaban J connectivity index is 2.94. The van der Waals surface area contributed by atoms with Crippen LogP contribution in [0.3, 0.4) is 0 Å². The van der Waals surface area contributed by atoms with Gasteiger partial charge in [-0.15, -0.1) is 13.2 Å². The molecule has 0 radical (unpaired) electrons. The molecule has 1 aromatic rings. The minimum absolute atomic E-state index is 0.434. The Morgan fingerprint density at radius 1 is 1.33 bits per heavy atom. The van der Waals surface area contributed by atoms with Crippen molar-refractivity contribution < 1.29 is 23.0 Å². The largest absolute Gasteiger partial charge is 0.573 e. The summed E-state index contributed by atoms with van der Waals surface area (Å²) in [5, 5.41) is 9.46. The predicted octanol–water partition coefficient (Wildman–Crippen LogP) is 3.24. The van der Waals surface area contributed by atoms with Crippen molar-refractivity contribution in [2.24, 2.45) is 0 Å². The molecule has 0 aliphatic heterocycles. The summed E-state index contributed by atoms with van der Waals surface area (Å²) in [6.07, 6.45) is -3.52. The second-order valence-corrected chi connectivity index (χ2v) is 3.06. The summed E-state index contributed by atoms with van der Waals surface area (Å²) >= 11 is 0. The van der Waals surface area contributed by atoms with E-state index in [-0.39, 0.29) is 0 Å². The van der Waals surface area contributed by atoms with Crippen molar-refractivity contribution in [3.8, 4) is 11.5 Å². The maximum Gasteiger partial charge on any atom is 0.573 e. The van der Waals surface area contributed by atoms with Crippen molar-refractivity contribution in [3.05, 3.63) is 23.8 Å². The van der Waals surface area contributed by atoms with E-state index in [0.29, 0.717) is 12.0 Å². The summed E-state index contributed by atoms with van der Waals surface area (Å²) in [4.78, 5) is 0. The number of ether oxygens (including phenoxy) is 1. The number of halogens is 3. The van der Waals surface area contributed by atoms with Crippen LogP contribution in [0.25, 0.3) is 0 Å². The first kappa shape index (κ1) is 11.7. The highest BCUT2D eigenvalue weighted by molar-refractivity contribution is 5.45. The summed E-state index contributed by atoms with van der Waals surface area (Å²) in [6.45, 7) is 1.87. The first-order chi connectivity index (χ1) is 6.94. The zero-order chi connectivity index (χ0) is 11.5. The van der Waals surface area contributed by atoms with Gasteiger partial charge in [0, 0.05) is 0 Å².